The van der Waals surface area contributed by atoms with Gasteiger partial charge in [-0.05, 0) is 43.5 Å². The van der Waals surface area contributed by atoms with Gasteiger partial charge in [0, 0.05) is 30.7 Å². The van der Waals surface area contributed by atoms with E-state index in [0.717, 1.165) is 36.6 Å². The van der Waals surface area contributed by atoms with E-state index < -0.39 is 0 Å². The number of carbonyl (C=O) groups excluding carboxylic acids is 1. The van der Waals surface area contributed by atoms with Crippen LogP contribution in [0.2, 0.25) is 0 Å². The molecule has 3 rings (SSSR count). The first-order valence-electron chi connectivity index (χ1n) is 9.42. The van der Waals surface area contributed by atoms with Crippen molar-refractivity contribution in [2.75, 3.05) is 24.3 Å². The predicted octanol–water partition coefficient (Wildman–Crippen LogP) is 4.29. The van der Waals surface area contributed by atoms with E-state index in [1.54, 1.807) is 18.0 Å². The van der Waals surface area contributed by atoms with Crippen molar-refractivity contribution in [1.82, 2.24) is 4.98 Å². The van der Waals surface area contributed by atoms with Crippen molar-refractivity contribution < 1.29 is 14.3 Å². The number of carbonyl (C=O) groups is 1. The third kappa shape index (κ3) is 6.88. The number of aromatic nitrogens is 1. The summed E-state index contributed by atoms with van der Waals surface area (Å²) in [7, 11) is 0. The number of thioether (sulfide) groups is 1. The monoisotopic (exact) mass is 386 g/mol. The molecule has 0 radical (unpaired) electrons. The summed E-state index contributed by atoms with van der Waals surface area (Å²) in [4.78, 5) is 16.5. The second kappa shape index (κ2) is 10.9. The zero-order chi connectivity index (χ0) is 18.7. The lowest BCUT2D eigenvalue weighted by Crippen LogP contribution is -2.26. The number of rotatable bonds is 9. The largest absolute Gasteiger partial charge is 0.489 e. The maximum Gasteiger partial charge on any atom is 0.225 e. The maximum absolute atomic E-state index is 12.3. The van der Waals surface area contributed by atoms with Gasteiger partial charge in [-0.25, -0.2) is 0 Å². The minimum atomic E-state index is -0.00603. The number of amides is 1. The van der Waals surface area contributed by atoms with Crippen LogP contribution in [0.5, 0.6) is 5.75 Å². The predicted molar refractivity (Wildman–Crippen MR) is 109 cm³/mol. The van der Waals surface area contributed by atoms with Crippen LogP contribution in [0.25, 0.3) is 0 Å². The van der Waals surface area contributed by atoms with Gasteiger partial charge in [0.15, 0.2) is 0 Å². The van der Waals surface area contributed by atoms with E-state index in [9.17, 15) is 4.79 Å². The van der Waals surface area contributed by atoms with Gasteiger partial charge in [0.1, 0.15) is 12.4 Å². The van der Waals surface area contributed by atoms with Crippen LogP contribution in [-0.2, 0) is 15.3 Å². The molecule has 0 spiro atoms. The van der Waals surface area contributed by atoms with Crippen molar-refractivity contribution in [3.63, 3.8) is 0 Å². The van der Waals surface area contributed by atoms with Crippen molar-refractivity contribution >= 4 is 23.4 Å². The van der Waals surface area contributed by atoms with E-state index in [0.29, 0.717) is 24.5 Å². The molecule has 1 saturated heterocycles. The molecule has 2 aromatic rings. The highest BCUT2D eigenvalue weighted by Crippen LogP contribution is 2.25. The number of hydrogen-bond donors (Lipinski definition) is 1. The summed E-state index contributed by atoms with van der Waals surface area (Å²) in [5.41, 5.74) is 1.75. The molecule has 1 aromatic carbocycles. The normalized spacial score (nSPS) is 16.7. The van der Waals surface area contributed by atoms with Crippen molar-refractivity contribution in [3.8, 4) is 5.75 Å². The Morgan fingerprint density at radius 2 is 2.11 bits per heavy atom. The van der Waals surface area contributed by atoms with Gasteiger partial charge in [-0.1, -0.05) is 18.2 Å². The third-order valence-corrected chi connectivity index (χ3v) is 5.30. The molecule has 1 unspecified atom stereocenters. The average molecular weight is 387 g/mol. The lowest BCUT2D eigenvalue weighted by atomic mass is 10.1. The molecule has 0 bridgehead atoms. The zero-order valence-corrected chi connectivity index (χ0v) is 16.2. The number of pyridine rings is 1. The molecule has 0 saturated carbocycles. The Kier molecular flexibility index (Phi) is 7.99. The zero-order valence-electron chi connectivity index (χ0n) is 15.4. The van der Waals surface area contributed by atoms with Crippen molar-refractivity contribution in [2.45, 2.75) is 37.5 Å². The minimum absolute atomic E-state index is 0.00603. The van der Waals surface area contributed by atoms with Crippen LogP contribution in [0, 0.1) is 0 Å². The molecular formula is C21H26N2O3S. The minimum Gasteiger partial charge on any atom is -0.489 e. The number of benzene rings is 1. The van der Waals surface area contributed by atoms with Crippen LogP contribution in [0.1, 0.15) is 31.4 Å². The molecule has 1 aliphatic heterocycles. The maximum atomic E-state index is 12.3. The molecule has 6 heteroatoms. The highest BCUT2D eigenvalue weighted by molar-refractivity contribution is 7.98. The fourth-order valence-electron chi connectivity index (χ4n) is 2.86. The molecule has 2 heterocycles. The first kappa shape index (κ1) is 19.7. The molecule has 1 aromatic heterocycles. The van der Waals surface area contributed by atoms with Gasteiger partial charge in [-0.15, -0.1) is 0 Å². The van der Waals surface area contributed by atoms with E-state index in [1.165, 1.54) is 6.42 Å². The Labute approximate surface area is 164 Å². The summed E-state index contributed by atoms with van der Waals surface area (Å²) < 4.78 is 11.6. The summed E-state index contributed by atoms with van der Waals surface area (Å²) >= 11 is 1.71. The fraction of sp³-hybridized carbons (Fsp3) is 0.429. The van der Waals surface area contributed by atoms with Crippen LogP contribution in [0.3, 0.4) is 0 Å². The van der Waals surface area contributed by atoms with E-state index in [-0.39, 0.29) is 12.0 Å². The van der Waals surface area contributed by atoms with E-state index in [2.05, 4.69) is 10.3 Å². The van der Waals surface area contributed by atoms with Crippen LogP contribution < -0.4 is 10.1 Å². The first-order chi connectivity index (χ1) is 13.3. The molecule has 1 atom stereocenters. The molecule has 0 aliphatic carbocycles. The highest BCUT2D eigenvalue weighted by Gasteiger charge is 2.15. The molecule has 1 amide bonds. The molecular weight excluding hydrogens is 360 g/mol. The third-order valence-electron chi connectivity index (χ3n) is 4.31. The Hall–Kier alpha value is -2.05. The topological polar surface area (TPSA) is 60.5 Å². The SMILES string of the molecule is O=C(CCSCc1ccccn1)Nc1ccccc1OCC1CCCCO1. The van der Waals surface area contributed by atoms with E-state index in [1.807, 2.05) is 42.5 Å². The van der Waals surface area contributed by atoms with Gasteiger partial charge in [-0.3, -0.25) is 9.78 Å². The number of hydrogen-bond acceptors (Lipinski definition) is 5. The Morgan fingerprint density at radius 1 is 1.22 bits per heavy atom. The molecule has 1 fully saturated rings. The number of nitrogens with one attached hydrogen (secondary N) is 1. The summed E-state index contributed by atoms with van der Waals surface area (Å²) in [5, 5.41) is 2.96. The Bertz CT molecular complexity index is 706. The lowest BCUT2D eigenvalue weighted by Gasteiger charge is -2.23. The standard InChI is InChI=1S/C21H26N2O3S/c24-21(11-14-27-16-17-7-3-5-12-22-17)23-19-9-1-2-10-20(19)26-15-18-8-4-6-13-25-18/h1-3,5,7,9-10,12,18H,4,6,8,11,13-16H2,(H,23,24). The number of nitrogens with zero attached hydrogens (tertiary/aromatic N) is 1. The molecule has 27 heavy (non-hydrogen) atoms. The second-order valence-corrected chi connectivity index (χ2v) is 7.57. The molecule has 144 valence electrons. The Balaban J connectivity index is 1.41. The fourth-order valence-corrected chi connectivity index (χ4v) is 3.71. The first-order valence-corrected chi connectivity index (χ1v) is 10.6. The Morgan fingerprint density at radius 3 is 2.93 bits per heavy atom. The highest BCUT2D eigenvalue weighted by atomic mass is 32.2. The average Bonchev–Trinajstić information content (AvgIpc) is 2.72. The van der Waals surface area contributed by atoms with Crippen molar-refractivity contribution in [3.05, 3.63) is 54.4 Å². The molecule has 1 N–H and O–H groups in total. The van der Waals surface area contributed by atoms with Crippen LogP contribution in [0.15, 0.2) is 48.7 Å². The van der Waals surface area contributed by atoms with Gasteiger partial charge >= 0.3 is 0 Å². The summed E-state index contributed by atoms with van der Waals surface area (Å²) in [6, 6.07) is 13.4. The van der Waals surface area contributed by atoms with Crippen LogP contribution in [0.4, 0.5) is 5.69 Å². The van der Waals surface area contributed by atoms with Gasteiger partial charge < -0.3 is 14.8 Å². The second-order valence-electron chi connectivity index (χ2n) is 6.47. The van der Waals surface area contributed by atoms with Gasteiger partial charge in [-0.2, -0.15) is 11.8 Å². The molecule has 5 nitrogen and oxygen atoms in total. The number of para-hydroxylation sites is 2. The van der Waals surface area contributed by atoms with Gasteiger partial charge in [0.05, 0.1) is 17.5 Å². The number of anilines is 1. The smallest absolute Gasteiger partial charge is 0.225 e. The quantitative estimate of drug-likeness (QED) is 0.652. The summed E-state index contributed by atoms with van der Waals surface area (Å²) in [5.74, 6) is 2.26. The van der Waals surface area contributed by atoms with E-state index in [4.69, 9.17) is 9.47 Å². The van der Waals surface area contributed by atoms with Crippen LogP contribution in [-0.4, -0.2) is 36.0 Å². The number of ether oxygens (including phenoxy) is 2. The molecule has 1 aliphatic rings. The van der Waals surface area contributed by atoms with Gasteiger partial charge in [0.25, 0.3) is 0 Å². The van der Waals surface area contributed by atoms with Crippen molar-refractivity contribution in [2.24, 2.45) is 0 Å². The van der Waals surface area contributed by atoms with Crippen LogP contribution >= 0.6 is 11.8 Å². The van der Waals surface area contributed by atoms with Gasteiger partial charge in [0.2, 0.25) is 5.91 Å². The lowest BCUT2D eigenvalue weighted by molar-refractivity contribution is -0.115. The van der Waals surface area contributed by atoms with E-state index >= 15 is 0 Å². The van der Waals surface area contributed by atoms with Crippen molar-refractivity contribution in [1.29, 1.82) is 0 Å². The summed E-state index contributed by atoms with van der Waals surface area (Å²) in [6.45, 7) is 1.33. The summed E-state index contributed by atoms with van der Waals surface area (Å²) in [6.07, 6.45) is 5.73.